The fraction of sp³-hybridized carbons (Fsp3) is 0.769. The summed E-state index contributed by atoms with van der Waals surface area (Å²) < 4.78 is 27.7. The average molecular weight is 300 g/mol. The van der Waals surface area contributed by atoms with E-state index in [0.717, 1.165) is 38.5 Å². The number of nitrogens with one attached hydrogen (secondary N) is 2. The van der Waals surface area contributed by atoms with Crippen molar-refractivity contribution in [2.75, 3.05) is 6.54 Å². The Labute approximate surface area is 120 Å². The van der Waals surface area contributed by atoms with Crippen LogP contribution in [0.15, 0.2) is 11.2 Å². The number of nitrogens with zero attached hydrogens (tertiary/aromatic N) is 1. The smallest absolute Gasteiger partial charge is 0.258 e. The maximum absolute atomic E-state index is 12.4. The highest BCUT2D eigenvalue weighted by Gasteiger charge is 2.34. The number of imidazole rings is 1. The van der Waals surface area contributed by atoms with Gasteiger partial charge in [0.2, 0.25) is 0 Å². The molecule has 0 atom stereocenters. The predicted octanol–water partition coefficient (Wildman–Crippen LogP) is 1.44. The molecule has 0 saturated heterocycles. The zero-order valence-electron chi connectivity index (χ0n) is 12.0. The van der Waals surface area contributed by atoms with Crippen molar-refractivity contribution < 1.29 is 8.42 Å². The standard InChI is InChI=1S/C13H24N4O2S/c1-11-15-9-12(16-11)20(18,19)17-13(10-14)7-5-3-2-4-6-8-13/h9,17H,2-8,10,14H2,1H3,(H,15,16). The molecule has 0 spiro atoms. The Bertz CT molecular complexity index is 530. The van der Waals surface area contributed by atoms with Gasteiger partial charge in [-0.25, -0.2) is 18.1 Å². The van der Waals surface area contributed by atoms with E-state index in [4.69, 9.17) is 5.73 Å². The van der Waals surface area contributed by atoms with Gasteiger partial charge in [0.1, 0.15) is 5.82 Å². The number of aromatic nitrogens is 2. The number of rotatable bonds is 4. The third-order valence-corrected chi connectivity index (χ3v) is 5.51. The SMILES string of the molecule is Cc1ncc(S(=O)(=O)NC2(CN)CCCCCCC2)[nH]1. The molecular formula is C13H24N4O2S. The third-order valence-electron chi connectivity index (χ3n) is 4.02. The van der Waals surface area contributed by atoms with Crippen LogP contribution < -0.4 is 10.5 Å². The van der Waals surface area contributed by atoms with Crippen molar-refractivity contribution in [3.63, 3.8) is 0 Å². The second-order valence-electron chi connectivity index (χ2n) is 5.69. The number of hydrogen-bond donors (Lipinski definition) is 3. The van der Waals surface area contributed by atoms with Gasteiger partial charge in [0, 0.05) is 12.1 Å². The van der Waals surface area contributed by atoms with Gasteiger partial charge in [-0.3, -0.25) is 0 Å². The zero-order valence-corrected chi connectivity index (χ0v) is 12.8. The molecule has 0 bridgehead atoms. The van der Waals surface area contributed by atoms with Crippen molar-refractivity contribution in [3.05, 3.63) is 12.0 Å². The number of nitrogens with two attached hydrogens (primary N) is 1. The molecule has 1 fully saturated rings. The molecule has 1 aromatic rings. The molecule has 0 aromatic carbocycles. The third kappa shape index (κ3) is 3.59. The molecule has 7 heteroatoms. The van der Waals surface area contributed by atoms with Crippen molar-refractivity contribution in [3.8, 4) is 0 Å². The summed E-state index contributed by atoms with van der Waals surface area (Å²) in [6, 6.07) is 0. The van der Waals surface area contributed by atoms with Crippen LogP contribution >= 0.6 is 0 Å². The van der Waals surface area contributed by atoms with Crippen LogP contribution in [0.4, 0.5) is 0 Å². The first-order valence-corrected chi connectivity index (χ1v) is 8.71. The molecule has 114 valence electrons. The summed E-state index contributed by atoms with van der Waals surface area (Å²) in [6.45, 7) is 2.06. The monoisotopic (exact) mass is 300 g/mol. The Kier molecular flexibility index (Phi) is 4.82. The Balaban J connectivity index is 2.19. The number of aromatic amines is 1. The summed E-state index contributed by atoms with van der Waals surface area (Å²) in [5.41, 5.74) is 5.38. The molecule has 4 N–H and O–H groups in total. The van der Waals surface area contributed by atoms with E-state index in [9.17, 15) is 8.42 Å². The van der Waals surface area contributed by atoms with Crippen LogP contribution in [0.25, 0.3) is 0 Å². The van der Waals surface area contributed by atoms with E-state index in [0.29, 0.717) is 12.4 Å². The molecule has 1 aromatic heterocycles. The normalized spacial score (nSPS) is 20.3. The van der Waals surface area contributed by atoms with Crippen molar-refractivity contribution in [1.82, 2.24) is 14.7 Å². The summed E-state index contributed by atoms with van der Waals surface area (Å²) in [7, 11) is -3.59. The first-order chi connectivity index (χ1) is 9.47. The lowest BCUT2D eigenvalue weighted by Crippen LogP contribution is -2.53. The predicted molar refractivity (Wildman–Crippen MR) is 77.8 cm³/mol. The number of H-pyrrole nitrogens is 1. The van der Waals surface area contributed by atoms with Gasteiger partial charge in [0.15, 0.2) is 5.03 Å². The highest BCUT2D eigenvalue weighted by molar-refractivity contribution is 7.89. The van der Waals surface area contributed by atoms with E-state index in [1.54, 1.807) is 6.92 Å². The highest BCUT2D eigenvalue weighted by atomic mass is 32.2. The lowest BCUT2D eigenvalue weighted by atomic mass is 9.85. The van der Waals surface area contributed by atoms with Crippen molar-refractivity contribution in [2.24, 2.45) is 5.73 Å². The highest BCUT2D eigenvalue weighted by Crippen LogP contribution is 2.27. The molecule has 1 heterocycles. The van der Waals surface area contributed by atoms with E-state index in [2.05, 4.69) is 14.7 Å². The minimum atomic E-state index is -3.59. The van der Waals surface area contributed by atoms with Gasteiger partial charge in [-0.1, -0.05) is 32.1 Å². The summed E-state index contributed by atoms with van der Waals surface area (Å²) >= 11 is 0. The molecule has 6 nitrogen and oxygen atoms in total. The van der Waals surface area contributed by atoms with Crippen LogP contribution in [-0.4, -0.2) is 30.5 Å². The maximum Gasteiger partial charge on any atom is 0.258 e. The molecular weight excluding hydrogens is 276 g/mol. The zero-order chi connectivity index (χ0) is 14.6. The van der Waals surface area contributed by atoms with Crippen LogP contribution in [0.1, 0.15) is 50.8 Å². The summed E-state index contributed by atoms with van der Waals surface area (Å²) in [4.78, 5) is 6.72. The molecule has 0 amide bonds. The topological polar surface area (TPSA) is 101 Å². The second-order valence-corrected chi connectivity index (χ2v) is 7.34. The van der Waals surface area contributed by atoms with Crippen molar-refractivity contribution in [1.29, 1.82) is 0 Å². The minimum absolute atomic E-state index is 0.116. The Morgan fingerprint density at radius 2 is 1.90 bits per heavy atom. The molecule has 2 rings (SSSR count). The Morgan fingerprint density at radius 1 is 1.30 bits per heavy atom. The van der Waals surface area contributed by atoms with Gasteiger partial charge in [-0.05, 0) is 19.8 Å². The second kappa shape index (κ2) is 6.24. The van der Waals surface area contributed by atoms with E-state index in [1.807, 2.05) is 0 Å². The van der Waals surface area contributed by atoms with E-state index in [1.165, 1.54) is 12.6 Å². The average Bonchev–Trinajstić information content (AvgIpc) is 2.80. The van der Waals surface area contributed by atoms with Crippen molar-refractivity contribution >= 4 is 10.0 Å². The van der Waals surface area contributed by atoms with Crippen LogP contribution in [0.2, 0.25) is 0 Å². The van der Waals surface area contributed by atoms with Gasteiger partial charge >= 0.3 is 0 Å². The number of hydrogen-bond acceptors (Lipinski definition) is 4. The van der Waals surface area contributed by atoms with Crippen molar-refractivity contribution in [2.45, 2.75) is 62.4 Å². The van der Waals surface area contributed by atoms with E-state index in [-0.39, 0.29) is 5.03 Å². The fourth-order valence-electron chi connectivity index (χ4n) is 2.80. The van der Waals surface area contributed by atoms with Crippen LogP contribution in [0, 0.1) is 6.92 Å². The quantitative estimate of drug-likeness (QED) is 0.783. The van der Waals surface area contributed by atoms with Gasteiger partial charge in [0.25, 0.3) is 10.0 Å². The molecule has 20 heavy (non-hydrogen) atoms. The fourth-order valence-corrected chi connectivity index (χ4v) is 4.25. The van der Waals surface area contributed by atoms with Gasteiger partial charge in [-0.15, -0.1) is 0 Å². The van der Waals surface area contributed by atoms with Gasteiger partial charge in [-0.2, -0.15) is 0 Å². The summed E-state index contributed by atoms with van der Waals surface area (Å²) in [6.07, 6.45) is 8.51. The summed E-state index contributed by atoms with van der Waals surface area (Å²) in [5.74, 6) is 0.588. The van der Waals surface area contributed by atoms with Gasteiger partial charge < -0.3 is 10.7 Å². The minimum Gasteiger partial charge on any atom is -0.332 e. The maximum atomic E-state index is 12.4. The van der Waals surface area contributed by atoms with E-state index < -0.39 is 15.6 Å². The van der Waals surface area contributed by atoms with Crippen LogP contribution in [0.5, 0.6) is 0 Å². The lowest BCUT2D eigenvalue weighted by Gasteiger charge is -2.34. The number of sulfonamides is 1. The molecule has 1 saturated carbocycles. The summed E-state index contributed by atoms with van der Waals surface area (Å²) in [5, 5.41) is 0.116. The Hall–Kier alpha value is -0.920. The first-order valence-electron chi connectivity index (χ1n) is 7.23. The molecule has 0 aliphatic heterocycles. The lowest BCUT2D eigenvalue weighted by molar-refractivity contribution is 0.295. The number of aryl methyl sites for hydroxylation is 1. The largest absolute Gasteiger partial charge is 0.332 e. The Morgan fingerprint density at radius 3 is 2.40 bits per heavy atom. The van der Waals surface area contributed by atoms with Crippen LogP contribution in [0.3, 0.4) is 0 Å². The molecule has 0 unspecified atom stereocenters. The van der Waals surface area contributed by atoms with Crippen LogP contribution in [-0.2, 0) is 10.0 Å². The molecule has 1 aliphatic carbocycles. The van der Waals surface area contributed by atoms with Gasteiger partial charge in [0.05, 0.1) is 6.20 Å². The van der Waals surface area contributed by atoms with E-state index >= 15 is 0 Å². The molecule has 0 radical (unpaired) electrons. The first kappa shape index (κ1) is 15.5. The molecule has 1 aliphatic rings.